The molecule has 9 nitrogen and oxygen atoms in total. The quantitative estimate of drug-likeness (QED) is 0.713. The first-order valence-electron chi connectivity index (χ1n) is 7.47. The van der Waals surface area contributed by atoms with Crippen LogP contribution in [0.1, 0.15) is 0 Å². The van der Waals surface area contributed by atoms with Crippen molar-refractivity contribution in [2.75, 3.05) is 43.1 Å². The molecule has 1 fully saturated rings. The summed E-state index contributed by atoms with van der Waals surface area (Å²) in [6.45, 7) is 3.22. The van der Waals surface area contributed by atoms with Crippen LogP contribution in [0.3, 0.4) is 0 Å². The molecule has 4 rings (SSSR count). The summed E-state index contributed by atoms with van der Waals surface area (Å²) in [7, 11) is 1.61. The van der Waals surface area contributed by atoms with Crippen LogP contribution in [0, 0.1) is 0 Å². The van der Waals surface area contributed by atoms with Crippen molar-refractivity contribution in [1.29, 1.82) is 0 Å². The number of methoxy groups -OCH3 is 1. The minimum Gasteiger partial charge on any atom is -0.478 e. The topological polar surface area (TPSA) is 96.0 Å². The number of rotatable bonds is 3. The third-order valence-electron chi connectivity index (χ3n) is 4.01. The molecule has 0 aliphatic carbocycles. The molecular weight excluding hydrogens is 376 g/mol. The van der Waals surface area contributed by atoms with Crippen LogP contribution in [0.25, 0.3) is 11.0 Å². The molecule has 24 heavy (non-hydrogen) atoms. The molecule has 0 unspecified atom stereocenters. The summed E-state index contributed by atoms with van der Waals surface area (Å²) in [6, 6.07) is 0. The molecule has 3 aromatic heterocycles. The summed E-state index contributed by atoms with van der Waals surface area (Å²) < 4.78 is 6.03. The predicted molar refractivity (Wildman–Crippen MR) is 92.4 cm³/mol. The number of halogens is 1. The van der Waals surface area contributed by atoms with Crippen LogP contribution in [0.4, 0.5) is 11.6 Å². The number of ether oxygens (including phenoxy) is 1. The molecule has 0 bridgehead atoms. The van der Waals surface area contributed by atoms with Gasteiger partial charge >= 0.3 is 0 Å². The fourth-order valence-electron chi connectivity index (χ4n) is 2.86. The van der Waals surface area contributed by atoms with Crippen molar-refractivity contribution in [3.8, 4) is 5.88 Å². The lowest BCUT2D eigenvalue weighted by atomic mass is 10.3. The van der Waals surface area contributed by atoms with E-state index in [1.165, 1.54) is 0 Å². The van der Waals surface area contributed by atoms with Crippen LogP contribution in [0.5, 0.6) is 5.88 Å². The Balaban J connectivity index is 1.57. The maximum atomic E-state index is 5.30. The van der Waals surface area contributed by atoms with Crippen LogP contribution >= 0.6 is 15.9 Å². The minimum absolute atomic E-state index is 0.549. The van der Waals surface area contributed by atoms with Gasteiger partial charge in [-0.1, -0.05) is 0 Å². The summed E-state index contributed by atoms with van der Waals surface area (Å²) in [6.07, 6.45) is 4.87. The van der Waals surface area contributed by atoms with E-state index in [0.29, 0.717) is 5.88 Å². The Morgan fingerprint density at radius 1 is 1.00 bits per heavy atom. The average molecular weight is 391 g/mol. The molecule has 1 aliphatic heterocycles. The Morgan fingerprint density at radius 2 is 1.71 bits per heavy atom. The fraction of sp³-hybridized carbons (Fsp3) is 0.357. The normalized spacial score (nSPS) is 15.1. The van der Waals surface area contributed by atoms with Gasteiger partial charge in [0.1, 0.15) is 16.7 Å². The number of piperazine rings is 1. The van der Waals surface area contributed by atoms with Gasteiger partial charge in [0, 0.05) is 38.6 Å². The van der Waals surface area contributed by atoms with Gasteiger partial charge in [0.25, 0.3) is 5.88 Å². The predicted octanol–water partition coefficient (Wildman–Crippen LogP) is 1.24. The van der Waals surface area contributed by atoms with Crippen LogP contribution in [0.15, 0.2) is 23.3 Å². The van der Waals surface area contributed by atoms with Crippen LogP contribution < -0.4 is 14.5 Å². The van der Waals surface area contributed by atoms with Crippen LogP contribution in [0.2, 0.25) is 0 Å². The summed E-state index contributed by atoms with van der Waals surface area (Å²) >= 11 is 3.46. The highest BCUT2D eigenvalue weighted by atomic mass is 79.9. The van der Waals surface area contributed by atoms with Crippen molar-refractivity contribution in [2.24, 2.45) is 0 Å². The molecule has 3 aromatic rings. The maximum Gasteiger partial charge on any atom is 0.257 e. The smallest absolute Gasteiger partial charge is 0.257 e. The third kappa shape index (κ3) is 2.52. The van der Waals surface area contributed by atoms with E-state index in [1.54, 1.807) is 25.8 Å². The van der Waals surface area contributed by atoms with E-state index in [-0.39, 0.29) is 0 Å². The number of nitrogens with zero attached hydrogens (tertiary/aromatic N) is 7. The Morgan fingerprint density at radius 3 is 2.46 bits per heavy atom. The Labute approximate surface area is 146 Å². The van der Waals surface area contributed by atoms with Gasteiger partial charge < -0.3 is 14.5 Å². The standard InChI is InChI=1S/C14H15BrN8O/c1-24-14-13(16-2-3-17-14)23-6-4-22(5-7-23)12-9-10(15)20-21-11(9)18-8-19-12/h2-3,8H,4-7H2,1H3,(H,18,19,20,21). The molecule has 0 spiro atoms. The second-order valence-corrected chi connectivity index (χ2v) is 6.05. The van der Waals surface area contributed by atoms with Gasteiger partial charge in [-0.15, -0.1) is 0 Å². The lowest BCUT2D eigenvalue weighted by Gasteiger charge is -2.36. The van der Waals surface area contributed by atoms with Crippen molar-refractivity contribution in [2.45, 2.75) is 0 Å². The highest BCUT2D eigenvalue weighted by molar-refractivity contribution is 9.10. The van der Waals surface area contributed by atoms with Crippen LogP contribution in [-0.4, -0.2) is 63.4 Å². The Bertz CT molecular complexity index is 861. The molecule has 0 saturated carbocycles. The highest BCUT2D eigenvalue weighted by Crippen LogP contribution is 2.30. The van der Waals surface area contributed by atoms with Gasteiger partial charge in [0.05, 0.1) is 12.5 Å². The average Bonchev–Trinajstić information content (AvgIpc) is 3.03. The molecule has 124 valence electrons. The summed E-state index contributed by atoms with van der Waals surface area (Å²) in [5.41, 5.74) is 0.727. The van der Waals surface area contributed by atoms with Crippen molar-refractivity contribution in [1.82, 2.24) is 30.1 Å². The van der Waals surface area contributed by atoms with Crippen molar-refractivity contribution >= 4 is 38.6 Å². The zero-order valence-electron chi connectivity index (χ0n) is 13.0. The van der Waals surface area contributed by atoms with Crippen molar-refractivity contribution in [3.05, 3.63) is 23.3 Å². The van der Waals surface area contributed by atoms with Crippen molar-refractivity contribution < 1.29 is 4.74 Å². The first kappa shape index (κ1) is 15.1. The number of fused-ring (bicyclic) bond motifs is 1. The monoisotopic (exact) mass is 390 g/mol. The van der Waals surface area contributed by atoms with Gasteiger partial charge in [-0.2, -0.15) is 5.10 Å². The zero-order chi connectivity index (χ0) is 16.5. The number of anilines is 2. The van der Waals surface area contributed by atoms with E-state index >= 15 is 0 Å². The third-order valence-corrected chi connectivity index (χ3v) is 4.59. The summed E-state index contributed by atoms with van der Waals surface area (Å²) in [5.74, 6) is 2.20. The summed E-state index contributed by atoms with van der Waals surface area (Å²) in [4.78, 5) is 21.7. The fourth-order valence-corrected chi connectivity index (χ4v) is 3.31. The second-order valence-electron chi connectivity index (χ2n) is 5.30. The van der Waals surface area contributed by atoms with Gasteiger partial charge in [0.2, 0.25) is 0 Å². The maximum absolute atomic E-state index is 5.30. The van der Waals surface area contributed by atoms with E-state index in [1.807, 2.05) is 0 Å². The SMILES string of the molecule is COc1nccnc1N1CCN(c2ncnc3[nH]nc(Br)c23)CC1. The van der Waals surface area contributed by atoms with Crippen molar-refractivity contribution in [3.63, 3.8) is 0 Å². The number of H-pyrrole nitrogens is 1. The largest absolute Gasteiger partial charge is 0.478 e. The van der Waals surface area contributed by atoms with E-state index in [2.05, 4.69) is 55.9 Å². The molecule has 1 saturated heterocycles. The number of nitrogens with one attached hydrogen (secondary N) is 1. The zero-order valence-corrected chi connectivity index (χ0v) is 14.6. The first-order valence-corrected chi connectivity index (χ1v) is 8.26. The number of aromatic nitrogens is 6. The Kier molecular flexibility index (Phi) is 3.89. The molecule has 0 amide bonds. The summed E-state index contributed by atoms with van der Waals surface area (Å²) in [5, 5.41) is 7.96. The lowest BCUT2D eigenvalue weighted by Crippen LogP contribution is -2.47. The lowest BCUT2D eigenvalue weighted by molar-refractivity contribution is 0.394. The molecule has 10 heteroatoms. The number of hydrogen-bond donors (Lipinski definition) is 1. The number of aromatic amines is 1. The molecule has 0 radical (unpaired) electrons. The van der Waals surface area contributed by atoms with Gasteiger partial charge in [-0.05, 0) is 15.9 Å². The molecule has 1 N–H and O–H groups in total. The molecule has 1 aliphatic rings. The number of hydrogen-bond acceptors (Lipinski definition) is 8. The molecule has 4 heterocycles. The highest BCUT2D eigenvalue weighted by Gasteiger charge is 2.24. The first-order chi connectivity index (χ1) is 11.8. The van der Waals surface area contributed by atoms with Gasteiger partial charge in [-0.3, -0.25) is 5.10 Å². The van der Waals surface area contributed by atoms with E-state index in [9.17, 15) is 0 Å². The molecule has 0 atom stereocenters. The van der Waals surface area contributed by atoms with Crippen LogP contribution in [-0.2, 0) is 0 Å². The minimum atomic E-state index is 0.549. The van der Waals surface area contributed by atoms with Gasteiger partial charge in [-0.25, -0.2) is 19.9 Å². The van der Waals surface area contributed by atoms with E-state index in [0.717, 1.165) is 53.5 Å². The Hall–Kier alpha value is -2.49. The molecule has 0 aromatic carbocycles. The van der Waals surface area contributed by atoms with E-state index in [4.69, 9.17) is 4.74 Å². The van der Waals surface area contributed by atoms with E-state index < -0.39 is 0 Å². The molecular formula is C14H15BrN8O. The van der Waals surface area contributed by atoms with Gasteiger partial charge in [0.15, 0.2) is 11.5 Å². The second kappa shape index (κ2) is 6.19.